The number of fused-ring (bicyclic) bond motifs is 3. The zero-order valence-corrected chi connectivity index (χ0v) is 24.1. The number of alkyl carbamates (subject to hydrolysis) is 1. The quantitative estimate of drug-likeness (QED) is 0.311. The Morgan fingerprint density at radius 1 is 0.854 bits per heavy atom. The summed E-state index contributed by atoms with van der Waals surface area (Å²) in [6.07, 6.45) is -1.53. The molecule has 0 saturated carbocycles. The van der Waals surface area contributed by atoms with E-state index in [9.17, 15) is 19.5 Å². The van der Waals surface area contributed by atoms with Gasteiger partial charge in [0.1, 0.15) is 18.2 Å². The third kappa shape index (κ3) is 7.13. The third-order valence-electron chi connectivity index (χ3n) is 7.18. The number of carboxylic acid groups (broad SMARTS) is 1. The molecule has 41 heavy (non-hydrogen) atoms. The molecule has 1 aliphatic carbocycles. The van der Waals surface area contributed by atoms with E-state index in [1.54, 1.807) is 31.2 Å². The van der Waals surface area contributed by atoms with E-state index in [2.05, 4.69) is 22.8 Å². The van der Waals surface area contributed by atoms with Crippen molar-refractivity contribution in [2.75, 3.05) is 6.61 Å². The molecule has 216 valence electrons. The first kappa shape index (κ1) is 29.8. The first-order chi connectivity index (χ1) is 19.4. The minimum atomic E-state index is -1.62. The molecule has 8 heteroatoms. The summed E-state index contributed by atoms with van der Waals surface area (Å²) in [6.45, 7) is 8.69. The van der Waals surface area contributed by atoms with Crippen LogP contribution >= 0.6 is 0 Å². The van der Waals surface area contributed by atoms with Gasteiger partial charge in [-0.05, 0) is 62.4 Å². The van der Waals surface area contributed by atoms with Gasteiger partial charge in [-0.2, -0.15) is 0 Å². The van der Waals surface area contributed by atoms with Crippen LogP contribution in [0.3, 0.4) is 0 Å². The molecule has 1 aliphatic rings. The second kappa shape index (κ2) is 12.1. The lowest BCUT2D eigenvalue weighted by atomic mass is 9.92. The predicted molar refractivity (Wildman–Crippen MR) is 157 cm³/mol. The summed E-state index contributed by atoms with van der Waals surface area (Å²) in [7, 11) is 0. The number of amides is 2. The second-order valence-corrected chi connectivity index (χ2v) is 11.7. The van der Waals surface area contributed by atoms with Gasteiger partial charge in [0.25, 0.3) is 0 Å². The Bertz CT molecular complexity index is 1350. The van der Waals surface area contributed by atoms with Gasteiger partial charge in [-0.3, -0.25) is 4.79 Å². The molecule has 4 rings (SSSR count). The van der Waals surface area contributed by atoms with E-state index in [-0.39, 0.29) is 18.9 Å². The van der Waals surface area contributed by atoms with Crippen LogP contribution in [0.2, 0.25) is 0 Å². The predicted octanol–water partition coefficient (Wildman–Crippen LogP) is 5.30. The highest BCUT2D eigenvalue weighted by Crippen LogP contribution is 2.44. The van der Waals surface area contributed by atoms with Crippen LogP contribution in [0.5, 0.6) is 0 Å². The monoisotopic (exact) mass is 558 g/mol. The maximum Gasteiger partial charge on any atom is 0.407 e. The lowest BCUT2D eigenvalue weighted by molar-refractivity contribution is -0.148. The number of carbonyl (C=O) groups excluding carboxylic acids is 2. The van der Waals surface area contributed by atoms with Gasteiger partial charge >= 0.3 is 12.1 Å². The first-order valence-corrected chi connectivity index (χ1v) is 13.8. The van der Waals surface area contributed by atoms with Crippen molar-refractivity contribution in [1.82, 2.24) is 10.6 Å². The fraction of sp³-hybridized carbons (Fsp3) is 0.364. The van der Waals surface area contributed by atoms with Crippen molar-refractivity contribution in [3.63, 3.8) is 0 Å². The average Bonchev–Trinajstić information content (AvgIpc) is 3.23. The summed E-state index contributed by atoms with van der Waals surface area (Å²) in [5, 5.41) is 15.3. The molecule has 0 aromatic heterocycles. The minimum Gasteiger partial charge on any atom is -0.480 e. The highest BCUT2D eigenvalue weighted by Gasteiger charge is 2.40. The largest absolute Gasteiger partial charge is 0.480 e. The first-order valence-electron chi connectivity index (χ1n) is 13.8. The molecule has 0 heterocycles. The number of carbonyl (C=O) groups is 3. The maximum absolute atomic E-state index is 13.6. The standard InChI is InChI=1S/C33H38N2O6/c1-21(41-32(2,3)4)28(29(36)35-33(5,30(37)38)19-22-13-7-6-8-14-22)34-31(39)40-20-27-25-17-11-9-15-23(25)24-16-10-12-18-26(24)27/h6-18,21,27-28H,19-20H2,1-5H3,(H,34,39)(H,35,36)(H,37,38)/t21-,28+,33+/m1/s1. The fourth-order valence-electron chi connectivity index (χ4n) is 5.32. The zero-order valence-electron chi connectivity index (χ0n) is 24.1. The van der Waals surface area contributed by atoms with E-state index >= 15 is 0 Å². The minimum absolute atomic E-state index is 0.0566. The van der Waals surface area contributed by atoms with Gasteiger partial charge < -0.3 is 25.2 Å². The van der Waals surface area contributed by atoms with E-state index in [1.165, 1.54) is 6.92 Å². The molecule has 3 aromatic rings. The second-order valence-electron chi connectivity index (χ2n) is 11.7. The van der Waals surface area contributed by atoms with Crippen LogP contribution < -0.4 is 10.6 Å². The van der Waals surface area contributed by atoms with E-state index in [4.69, 9.17) is 9.47 Å². The molecular formula is C33H38N2O6. The highest BCUT2D eigenvalue weighted by molar-refractivity contribution is 5.91. The number of carboxylic acids is 1. The molecule has 0 unspecified atom stereocenters. The molecule has 0 aliphatic heterocycles. The van der Waals surface area contributed by atoms with E-state index < -0.39 is 41.3 Å². The number of rotatable bonds is 10. The summed E-state index contributed by atoms with van der Waals surface area (Å²) >= 11 is 0. The molecule has 3 aromatic carbocycles. The molecule has 0 bridgehead atoms. The van der Waals surface area contributed by atoms with Crippen LogP contribution in [0.15, 0.2) is 78.9 Å². The molecule has 0 fully saturated rings. The highest BCUT2D eigenvalue weighted by atomic mass is 16.6. The Morgan fingerprint density at radius 2 is 1.39 bits per heavy atom. The van der Waals surface area contributed by atoms with Crippen molar-refractivity contribution >= 4 is 18.0 Å². The van der Waals surface area contributed by atoms with Crippen LogP contribution in [-0.4, -0.2) is 53.0 Å². The van der Waals surface area contributed by atoms with Gasteiger partial charge in [0.2, 0.25) is 5.91 Å². The molecule has 3 N–H and O–H groups in total. The summed E-state index contributed by atoms with van der Waals surface area (Å²) in [6, 6.07) is 23.9. The van der Waals surface area contributed by atoms with Crippen molar-refractivity contribution < 1.29 is 29.0 Å². The Kier molecular flexibility index (Phi) is 8.83. The molecule has 0 radical (unpaired) electrons. The normalized spacial score (nSPS) is 15.5. The number of aliphatic carboxylic acids is 1. The van der Waals surface area contributed by atoms with E-state index in [0.717, 1.165) is 27.8 Å². The SMILES string of the molecule is C[C@@H](OC(C)(C)C)[C@H](NC(=O)OCC1c2ccccc2-c2ccccc21)C(=O)N[C@@](C)(Cc1ccccc1)C(=O)O. The van der Waals surface area contributed by atoms with Crippen LogP contribution in [-0.2, 0) is 25.5 Å². The van der Waals surface area contributed by atoms with Gasteiger partial charge in [0.15, 0.2) is 0 Å². The summed E-state index contributed by atoms with van der Waals surface area (Å²) in [4.78, 5) is 39.0. The average molecular weight is 559 g/mol. The van der Waals surface area contributed by atoms with E-state index in [1.807, 2.05) is 63.2 Å². The van der Waals surface area contributed by atoms with Gasteiger partial charge in [-0.25, -0.2) is 9.59 Å². The number of nitrogens with one attached hydrogen (secondary N) is 2. The van der Waals surface area contributed by atoms with Crippen molar-refractivity contribution in [1.29, 1.82) is 0 Å². The van der Waals surface area contributed by atoms with Crippen LogP contribution in [0.25, 0.3) is 11.1 Å². The summed E-state index contributed by atoms with van der Waals surface area (Å²) < 4.78 is 11.7. The van der Waals surface area contributed by atoms with Crippen molar-refractivity contribution in [2.24, 2.45) is 0 Å². The zero-order chi connectivity index (χ0) is 29.8. The number of hydrogen-bond acceptors (Lipinski definition) is 5. The van der Waals surface area contributed by atoms with Crippen LogP contribution in [0.4, 0.5) is 4.79 Å². The lowest BCUT2D eigenvalue weighted by Crippen LogP contribution is -2.62. The molecule has 2 amide bonds. The molecule has 8 nitrogen and oxygen atoms in total. The molecule has 0 saturated heterocycles. The van der Waals surface area contributed by atoms with Crippen LogP contribution in [0, 0.1) is 0 Å². The van der Waals surface area contributed by atoms with Crippen LogP contribution in [0.1, 0.15) is 57.2 Å². The van der Waals surface area contributed by atoms with Crippen molar-refractivity contribution in [3.8, 4) is 11.1 Å². The Balaban J connectivity index is 1.50. The number of ether oxygens (including phenoxy) is 2. The lowest BCUT2D eigenvalue weighted by Gasteiger charge is -2.33. The van der Waals surface area contributed by atoms with Gasteiger partial charge in [0, 0.05) is 12.3 Å². The fourth-order valence-corrected chi connectivity index (χ4v) is 5.32. The van der Waals surface area contributed by atoms with Crippen molar-refractivity contribution in [3.05, 3.63) is 95.6 Å². The topological polar surface area (TPSA) is 114 Å². The van der Waals surface area contributed by atoms with Crippen molar-refractivity contribution in [2.45, 2.75) is 70.2 Å². The maximum atomic E-state index is 13.6. The third-order valence-corrected chi connectivity index (χ3v) is 7.18. The van der Waals surface area contributed by atoms with Gasteiger partial charge in [-0.1, -0.05) is 78.9 Å². The Morgan fingerprint density at radius 3 is 1.93 bits per heavy atom. The van der Waals surface area contributed by atoms with Gasteiger partial charge in [-0.15, -0.1) is 0 Å². The Labute approximate surface area is 241 Å². The molecule has 3 atom stereocenters. The summed E-state index contributed by atoms with van der Waals surface area (Å²) in [5.74, 6) is -2.03. The number of benzene rings is 3. The smallest absolute Gasteiger partial charge is 0.407 e. The molecular weight excluding hydrogens is 520 g/mol. The summed E-state index contributed by atoms with van der Waals surface area (Å²) in [5.41, 5.74) is 2.84. The van der Waals surface area contributed by atoms with Gasteiger partial charge in [0.05, 0.1) is 11.7 Å². The molecule has 0 spiro atoms. The number of hydrogen-bond donors (Lipinski definition) is 3. The Hall–Kier alpha value is -4.17. The van der Waals surface area contributed by atoms with E-state index in [0.29, 0.717) is 0 Å².